The van der Waals surface area contributed by atoms with Gasteiger partial charge in [0.2, 0.25) is 0 Å². The number of ether oxygens (including phenoxy) is 3. The van der Waals surface area contributed by atoms with Crippen LogP contribution >= 0.6 is 0 Å². The van der Waals surface area contributed by atoms with E-state index in [2.05, 4.69) is 5.32 Å². The van der Waals surface area contributed by atoms with E-state index in [9.17, 15) is 9.59 Å². The molecule has 2 aromatic carbocycles. The lowest BCUT2D eigenvalue weighted by Gasteiger charge is -2.29. The lowest BCUT2D eigenvalue weighted by atomic mass is 9.79. The molecule has 1 aromatic heterocycles. The van der Waals surface area contributed by atoms with Crippen LogP contribution in [0, 0.1) is 6.92 Å². The molecule has 192 valence electrons. The van der Waals surface area contributed by atoms with Gasteiger partial charge in [-0.2, -0.15) is 5.10 Å². The maximum absolute atomic E-state index is 13.1. The van der Waals surface area contributed by atoms with Gasteiger partial charge in [-0.1, -0.05) is 18.2 Å². The Morgan fingerprint density at radius 2 is 1.57 bits per heavy atom. The van der Waals surface area contributed by atoms with Gasteiger partial charge in [0.1, 0.15) is 5.75 Å². The normalized spacial score (nSPS) is 13.9. The molecule has 8 heteroatoms. The Labute approximate surface area is 216 Å². The lowest BCUT2D eigenvalue weighted by Crippen LogP contribution is -2.32. The summed E-state index contributed by atoms with van der Waals surface area (Å²) in [6.07, 6.45) is 1.86. The van der Waals surface area contributed by atoms with Crippen molar-refractivity contribution < 1.29 is 23.8 Å². The number of hydrogen-bond acceptors (Lipinski definition) is 7. The molecule has 0 radical (unpaired) electrons. The van der Waals surface area contributed by atoms with Crippen LogP contribution in [0.4, 0.5) is 0 Å². The number of carbonyl (C=O) groups excluding carboxylic acids is 2. The van der Waals surface area contributed by atoms with E-state index in [-0.39, 0.29) is 0 Å². The van der Waals surface area contributed by atoms with Crippen molar-refractivity contribution in [3.63, 3.8) is 0 Å². The first-order valence-corrected chi connectivity index (χ1v) is 12.0. The Kier molecular flexibility index (Phi) is 7.47. The monoisotopic (exact) mass is 501 g/mol. The van der Waals surface area contributed by atoms with E-state index in [0.717, 1.165) is 22.6 Å². The molecule has 0 saturated heterocycles. The van der Waals surface area contributed by atoms with Gasteiger partial charge in [0, 0.05) is 28.7 Å². The predicted molar refractivity (Wildman–Crippen MR) is 140 cm³/mol. The second-order valence-corrected chi connectivity index (χ2v) is 8.74. The Morgan fingerprint density at radius 1 is 0.946 bits per heavy atom. The third-order valence-electron chi connectivity index (χ3n) is 6.41. The molecule has 3 aromatic rings. The largest absolute Gasteiger partial charge is 0.494 e. The Bertz CT molecular complexity index is 1360. The summed E-state index contributed by atoms with van der Waals surface area (Å²) in [7, 11) is 2.65. The number of para-hydroxylation sites is 1. The molecule has 0 spiro atoms. The molecule has 0 bridgehead atoms. The van der Waals surface area contributed by atoms with Gasteiger partial charge in [-0.15, -0.1) is 0 Å². The van der Waals surface area contributed by atoms with E-state index in [1.54, 1.807) is 18.5 Å². The highest BCUT2D eigenvalue weighted by Gasteiger charge is 2.40. The Morgan fingerprint density at radius 3 is 2.11 bits per heavy atom. The maximum Gasteiger partial charge on any atom is 0.336 e. The first-order chi connectivity index (χ1) is 17.8. The van der Waals surface area contributed by atoms with Crippen LogP contribution in [-0.4, -0.2) is 42.5 Å². The van der Waals surface area contributed by atoms with Gasteiger partial charge >= 0.3 is 11.9 Å². The van der Waals surface area contributed by atoms with Crippen LogP contribution in [-0.2, 0) is 19.1 Å². The maximum atomic E-state index is 13.1. The summed E-state index contributed by atoms with van der Waals surface area (Å²) in [6.45, 7) is 8.06. The summed E-state index contributed by atoms with van der Waals surface area (Å²) < 4.78 is 17.8. The van der Waals surface area contributed by atoms with Crippen LogP contribution in [0.25, 0.3) is 16.9 Å². The van der Waals surface area contributed by atoms with Gasteiger partial charge in [-0.25, -0.2) is 14.3 Å². The summed E-state index contributed by atoms with van der Waals surface area (Å²) in [6, 6.07) is 15.5. The molecule has 8 nitrogen and oxygen atoms in total. The third-order valence-corrected chi connectivity index (χ3v) is 6.41. The highest BCUT2D eigenvalue weighted by molar-refractivity contribution is 6.00. The number of rotatable bonds is 7. The van der Waals surface area contributed by atoms with E-state index in [4.69, 9.17) is 19.3 Å². The number of carbonyl (C=O) groups is 2. The van der Waals surface area contributed by atoms with Gasteiger partial charge < -0.3 is 19.5 Å². The number of aromatic nitrogens is 2. The molecule has 37 heavy (non-hydrogen) atoms. The fourth-order valence-corrected chi connectivity index (χ4v) is 4.75. The summed E-state index contributed by atoms with van der Waals surface area (Å²) in [4.78, 5) is 26.2. The first-order valence-electron chi connectivity index (χ1n) is 12.0. The number of methoxy groups -OCH3 is 2. The minimum atomic E-state index is -0.764. The lowest BCUT2D eigenvalue weighted by molar-refractivity contribution is -0.137. The van der Waals surface area contributed by atoms with E-state index < -0.39 is 17.9 Å². The number of dihydropyridines is 1. The standard InChI is InChI=1S/C29H31N3O5/c1-7-37-21-13-14-22(17(2)15-21)27-23(16-32(31-27)20-11-9-8-10-12-20)26-24(28(33)35-5)18(3)30-19(4)25(26)29(34)36-6/h8-16,26,30H,7H2,1-6H3. The van der Waals surface area contributed by atoms with Crippen LogP contribution in [0.2, 0.25) is 0 Å². The number of aryl methyl sites for hydroxylation is 1. The topological polar surface area (TPSA) is 91.7 Å². The van der Waals surface area contributed by atoms with Crippen molar-refractivity contribution in [1.82, 2.24) is 15.1 Å². The van der Waals surface area contributed by atoms with E-state index in [0.29, 0.717) is 40.4 Å². The molecular formula is C29H31N3O5. The number of hydrogen-bond donors (Lipinski definition) is 1. The Balaban J connectivity index is 2.03. The molecule has 0 saturated carbocycles. The minimum absolute atomic E-state index is 0.325. The van der Waals surface area contributed by atoms with Crippen LogP contribution in [0.5, 0.6) is 5.75 Å². The van der Waals surface area contributed by atoms with Crippen LogP contribution in [0.1, 0.15) is 37.8 Å². The van der Waals surface area contributed by atoms with Crippen molar-refractivity contribution in [1.29, 1.82) is 0 Å². The zero-order valence-electron chi connectivity index (χ0n) is 21.9. The zero-order valence-corrected chi connectivity index (χ0v) is 21.9. The second-order valence-electron chi connectivity index (χ2n) is 8.74. The van der Waals surface area contributed by atoms with Crippen molar-refractivity contribution in [2.45, 2.75) is 33.6 Å². The third kappa shape index (κ3) is 4.87. The first kappa shape index (κ1) is 25.8. The predicted octanol–water partition coefficient (Wildman–Crippen LogP) is 4.83. The average molecular weight is 502 g/mol. The fraction of sp³-hybridized carbons (Fsp3) is 0.276. The van der Waals surface area contributed by atoms with Gasteiger partial charge in [0.15, 0.2) is 0 Å². The summed E-state index contributed by atoms with van der Waals surface area (Å²) in [5.74, 6) is -1.08. The van der Waals surface area contributed by atoms with Gasteiger partial charge in [-0.05, 0) is 63.6 Å². The molecule has 0 amide bonds. The van der Waals surface area contributed by atoms with E-state index >= 15 is 0 Å². The molecule has 1 aliphatic rings. The summed E-state index contributed by atoms with van der Waals surface area (Å²) in [5.41, 5.74) is 5.81. The van der Waals surface area contributed by atoms with Gasteiger partial charge in [-0.3, -0.25) is 0 Å². The van der Waals surface area contributed by atoms with E-state index in [1.807, 2.05) is 68.6 Å². The van der Waals surface area contributed by atoms with Crippen LogP contribution < -0.4 is 10.1 Å². The molecule has 0 aliphatic carbocycles. The minimum Gasteiger partial charge on any atom is -0.494 e. The van der Waals surface area contributed by atoms with Crippen molar-refractivity contribution in [3.05, 3.63) is 88.4 Å². The van der Waals surface area contributed by atoms with Crippen molar-refractivity contribution in [3.8, 4) is 22.7 Å². The summed E-state index contributed by atoms with van der Waals surface area (Å²) >= 11 is 0. The fourth-order valence-electron chi connectivity index (χ4n) is 4.75. The number of benzene rings is 2. The molecule has 2 heterocycles. The number of allylic oxidation sites excluding steroid dienone is 2. The van der Waals surface area contributed by atoms with Crippen molar-refractivity contribution in [2.75, 3.05) is 20.8 Å². The zero-order chi connectivity index (χ0) is 26.7. The molecule has 0 atom stereocenters. The van der Waals surface area contributed by atoms with Crippen LogP contribution in [0.15, 0.2) is 77.3 Å². The highest BCUT2D eigenvalue weighted by atomic mass is 16.5. The molecule has 4 rings (SSSR count). The Hall–Kier alpha value is -4.33. The molecule has 1 aliphatic heterocycles. The number of nitrogens with one attached hydrogen (secondary N) is 1. The number of nitrogens with zero attached hydrogens (tertiary/aromatic N) is 2. The highest BCUT2D eigenvalue weighted by Crippen LogP contribution is 2.43. The summed E-state index contributed by atoms with van der Waals surface area (Å²) in [5, 5.41) is 8.11. The average Bonchev–Trinajstić information content (AvgIpc) is 3.33. The van der Waals surface area contributed by atoms with Crippen LogP contribution in [0.3, 0.4) is 0 Å². The quantitative estimate of drug-likeness (QED) is 0.464. The number of esters is 2. The smallest absolute Gasteiger partial charge is 0.336 e. The SMILES string of the molecule is CCOc1ccc(-c2nn(-c3ccccc3)cc2C2C(C(=O)OC)=C(C)NC(C)=C2C(=O)OC)c(C)c1. The molecule has 0 fully saturated rings. The van der Waals surface area contributed by atoms with E-state index in [1.165, 1.54) is 14.2 Å². The molecular weight excluding hydrogens is 470 g/mol. The molecule has 0 unspecified atom stereocenters. The van der Waals surface area contributed by atoms with Crippen molar-refractivity contribution in [2.24, 2.45) is 0 Å². The molecule has 1 N–H and O–H groups in total. The van der Waals surface area contributed by atoms with Gasteiger partial charge in [0.25, 0.3) is 0 Å². The second kappa shape index (κ2) is 10.7. The van der Waals surface area contributed by atoms with Crippen molar-refractivity contribution >= 4 is 11.9 Å². The van der Waals surface area contributed by atoms with Gasteiger partial charge in [0.05, 0.1) is 49.3 Å².